The number of hydrogen-bond donors (Lipinski definition) is 2. The molecule has 0 aromatic carbocycles. The SMILES string of the molecule is CCNC(=NCCc1c(C)noc1C)NC1CCc2ncnn2C1. The lowest BCUT2D eigenvalue weighted by molar-refractivity contribution is 0.392. The van der Waals surface area contributed by atoms with E-state index in [4.69, 9.17) is 4.52 Å². The van der Waals surface area contributed by atoms with Crippen LogP contribution >= 0.6 is 0 Å². The van der Waals surface area contributed by atoms with Crippen molar-refractivity contribution in [2.75, 3.05) is 13.1 Å². The first-order chi connectivity index (χ1) is 11.7. The number of nitrogens with one attached hydrogen (secondary N) is 2. The normalized spacial score (nSPS) is 17.6. The van der Waals surface area contributed by atoms with E-state index < -0.39 is 0 Å². The number of nitrogens with zero attached hydrogens (tertiary/aromatic N) is 5. The highest BCUT2D eigenvalue weighted by Gasteiger charge is 2.20. The van der Waals surface area contributed by atoms with E-state index in [-0.39, 0.29) is 0 Å². The van der Waals surface area contributed by atoms with Gasteiger partial charge in [-0.3, -0.25) is 4.99 Å². The third-order valence-electron chi connectivity index (χ3n) is 4.30. The summed E-state index contributed by atoms with van der Waals surface area (Å²) < 4.78 is 7.17. The van der Waals surface area contributed by atoms with Crippen LogP contribution in [0.25, 0.3) is 0 Å². The number of aryl methyl sites for hydroxylation is 3. The fourth-order valence-corrected chi connectivity index (χ4v) is 3.01. The minimum atomic E-state index is 0.316. The topological polar surface area (TPSA) is 93.2 Å². The summed E-state index contributed by atoms with van der Waals surface area (Å²) in [7, 11) is 0. The van der Waals surface area contributed by atoms with Crippen molar-refractivity contribution in [1.29, 1.82) is 0 Å². The first-order valence-electron chi connectivity index (χ1n) is 8.50. The molecule has 0 aliphatic carbocycles. The molecule has 0 spiro atoms. The molecule has 8 heteroatoms. The maximum Gasteiger partial charge on any atom is 0.191 e. The van der Waals surface area contributed by atoms with Gasteiger partial charge in [-0.2, -0.15) is 5.10 Å². The van der Waals surface area contributed by atoms with Gasteiger partial charge in [-0.1, -0.05) is 5.16 Å². The minimum absolute atomic E-state index is 0.316. The van der Waals surface area contributed by atoms with E-state index in [0.29, 0.717) is 12.6 Å². The van der Waals surface area contributed by atoms with Gasteiger partial charge in [-0.15, -0.1) is 0 Å². The molecule has 0 fully saturated rings. The third-order valence-corrected chi connectivity index (χ3v) is 4.30. The van der Waals surface area contributed by atoms with E-state index in [0.717, 1.165) is 61.2 Å². The van der Waals surface area contributed by atoms with Crippen LogP contribution in [0.15, 0.2) is 15.8 Å². The van der Waals surface area contributed by atoms with Crippen LogP contribution in [0, 0.1) is 13.8 Å². The van der Waals surface area contributed by atoms with E-state index >= 15 is 0 Å². The van der Waals surface area contributed by atoms with E-state index in [2.05, 4.69) is 37.8 Å². The highest BCUT2D eigenvalue weighted by molar-refractivity contribution is 5.80. The number of fused-ring (bicyclic) bond motifs is 1. The molecule has 1 unspecified atom stereocenters. The zero-order valence-corrected chi connectivity index (χ0v) is 14.5. The van der Waals surface area contributed by atoms with E-state index in [1.807, 2.05) is 18.5 Å². The lowest BCUT2D eigenvalue weighted by atomic mass is 10.1. The molecule has 1 aliphatic rings. The van der Waals surface area contributed by atoms with Crippen molar-refractivity contribution in [3.63, 3.8) is 0 Å². The third kappa shape index (κ3) is 3.74. The lowest BCUT2D eigenvalue weighted by Crippen LogP contribution is -2.47. The average molecular weight is 331 g/mol. The van der Waals surface area contributed by atoms with Crippen LogP contribution in [-0.2, 0) is 19.4 Å². The zero-order valence-electron chi connectivity index (χ0n) is 14.5. The summed E-state index contributed by atoms with van der Waals surface area (Å²) >= 11 is 0. The maximum absolute atomic E-state index is 5.20. The highest BCUT2D eigenvalue weighted by atomic mass is 16.5. The largest absolute Gasteiger partial charge is 0.361 e. The second-order valence-electron chi connectivity index (χ2n) is 6.05. The Morgan fingerprint density at radius 1 is 1.46 bits per heavy atom. The summed E-state index contributed by atoms with van der Waals surface area (Å²) in [6.07, 6.45) is 4.43. The van der Waals surface area contributed by atoms with Crippen molar-refractivity contribution >= 4 is 5.96 Å². The Morgan fingerprint density at radius 2 is 2.33 bits per heavy atom. The van der Waals surface area contributed by atoms with Crippen molar-refractivity contribution in [2.45, 2.75) is 52.6 Å². The Morgan fingerprint density at radius 3 is 3.08 bits per heavy atom. The number of aliphatic imine (C=N–C) groups is 1. The molecule has 8 nitrogen and oxygen atoms in total. The number of hydrogen-bond acceptors (Lipinski definition) is 5. The van der Waals surface area contributed by atoms with Gasteiger partial charge >= 0.3 is 0 Å². The maximum atomic E-state index is 5.20. The first kappa shape index (κ1) is 16.5. The van der Waals surface area contributed by atoms with Crippen LogP contribution in [0.2, 0.25) is 0 Å². The molecule has 1 atom stereocenters. The van der Waals surface area contributed by atoms with Gasteiger partial charge in [-0.25, -0.2) is 9.67 Å². The molecule has 2 aromatic rings. The van der Waals surface area contributed by atoms with Crippen LogP contribution in [0.4, 0.5) is 0 Å². The monoisotopic (exact) mass is 331 g/mol. The van der Waals surface area contributed by atoms with Crippen molar-refractivity contribution in [1.82, 2.24) is 30.6 Å². The first-order valence-corrected chi connectivity index (χ1v) is 8.50. The van der Waals surface area contributed by atoms with Gasteiger partial charge in [0, 0.05) is 31.1 Å². The van der Waals surface area contributed by atoms with Crippen molar-refractivity contribution < 1.29 is 4.52 Å². The average Bonchev–Trinajstić information content (AvgIpc) is 3.15. The number of rotatable bonds is 5. The van der Waals surface area contributed by atoms with Crippen LogP contribution in [0.3, 0.4) is 0 Å². The Hall–Kier alpha value is -2.38. The van der Waals surface area contributed by atoms with E-state index in [9.17, 15) is 0 Å². The van der Waals surface area contributed by atoms with E-state index in [1.54, 1.807) is 6.33 Å². The number of guanidine groups is 1. The Labute approximate surface area is 141 Å². The fourth-order valence-electron chi connectivity index (χ4n) is 3.01. The molecular formula is C16H25N7O. The van der Waals surface area contributed by atoms with Gasteiger partial charge in [0.05, 0.1) is 12.2 Å². The quantitative estimate of drug-likeness (QED) is 0.627. The molecule has 24 heavy (non-hydrogen) atoms. The molecule has 0 bridgehead atoms. The van der Waals surface area contributed by atoms with Gasteiger partial charge < -0.3 is 15.2 Å². The van der Waals surface area contributed by atoms with Crippen LogP contribution < -0.4 is 10.6 Å². The second-order valence-corrected chi connectivity index (χ2v) is 6.05. The molecule has 2 N–H and O–H groups in total. The van der Waals surface area contributed by atoms with Gasteiger partial charge in [0.25, 0.3) is 0 Å². The molecule has 130 valence electrons. The number of aromatic nitrogens is 4. The van der Waals surface area contributed by atoms with Crippen LogP contribution in [0.1, 0.15) is 36.2 Å². The van der Waals surface area contributed by atoms with Crippen molar-refractivity contribution in [2.24, 2.45) is 4.99 Å². The predicted molar refractivity (Wildman–Crippen MR) is 90.9 cm³/mol. The molecule has 3 heterocycles. The summed E-state index contributed by atoms with van der Waals surface area (Å²) in [5, 5.41) is 15.1. The van der Waals surface area contributed by atoms with Gasteiger partial charge in [-0.05, 0) is 33.6 Å². The summed E-state index contributed by atoms with van der Waals surface area (Å²) in [4.78, 5) is 8.95. The minimum Gasteiger partial charge on any atom is -0.361 e. The molecule has 0 saturated heterocycles. The van der Waals surface area contributed by atoms with Crippen molar-refractivity contribution in [3.8, 4) is 0 Å². The Kier molecular flexibility index (Phi) is 5.12. The standard InChI is InChI=1S/C16H25N7O/c1-4-17-16(18-8-7-14-11(2)22-24-12(14)3)21-13-5-6-15-19-10-20-23(15)9-13/h10,13H,4-9H2,1-3H3,(H2,17,18,21). The summed E-state index contributed by atoms with van der Waals surface area (Å²) in [5.74, 6) is 2.79. The summed E-state index contributed by atoms with van der Waals surface area (Å²) in [6, 6.07) is 0.316. The molecule has 0 radical (unpaired) electrons. The zero-order chi connectivity index (χ0) is 16.9. The highest BCUT2D eigenvalue weighted by Crippen LogP contribution is 2.13. The predicted octanol–water partition coefficient (Wildman–Crippen LogP) is 0.996. The van der Waals surface area contributed by atoms with Gasteiger partial charge in [0.1, 0.15) is 17.9 Å². The molecule has 0 saturated carbocycles. The van der Waals surface area contributed by atoms with Gasteiger partial charge in [0.2, 0.25) is 0 Å². The molecule has 0 amide bonds. The molecule has 2 aromatic heterocycles. The second kappa shape index (κ2) is 7.46. The molecule has 1 aliphatic heterocycles. The fraction of sp³-hybridized carbons (Fsp3) is 0.625. The molecular weight excluding hydrogens is 306 g/mol. The van der Waals surface area contributed by atoms with E-state index in [1.165, 1.54) is 0 Å². The van der Waals surface area contributed by atoms with Gasteiger partial charge in [0.15, 0.2) is 5.96 Å². The van der Waals surface area contributed by atoms with Crippen LogP contribution in [0.5, 0.6) is 0 Å². The Bertz CT molecular complexity index is 684. The Balaban J connectivity index is 1.58. The lowest BCUT2D eigenvalue weighted by Gasteiger charge is -2.25. The van der Waals surface area contributed by atoms with Crippen LogP contribution in [-0.4, -0.2) is 45.0 Å². The summed E-state index contributed by atoms with van der Waals surface area (Å²) in [5.41, 5.74) is 2.10. The van der Waals surface area contributed by atoms with Crippen molar-refractivity contribution in [3.05, 3.63) is 29.2 Å². The summed E-state index contributed by atoms with van der Waals surface area (Å²) in [6.45, 7) is 8.33. The molecule has 3 rings (SSSR count). The smallest absolute Gasteiger partial charge is 0.191 e.